The number of nitrogens with one attached hydrogen (secondary N) is 2. The van der Waals surface area contributed by atoms with Crippen LogP contribution in [0.3, 0.4) is 0 Å². The second-order valence-electron chi connectivity index (χ2n) is 7.61. The number of carbonyl (C=O) groups is 2. The van der Waals surface area contributed by atoms with Crippen molar-refractivity contribution in [2.45, 2.75) is 40.5 Å². The van der Waals surface area contributed by atoms with Crippen LogP contribution in [0.15, 0.2) is 42.5 Å². The van der Waals surface area contributed by atoms with Gasteiger partial charge in [0.1, 0.15) is 0 Å². The minimum Gasteiger partial charge on any atom is -0.372 e. The molecule has 154 valence electrons. The molecule has 2 aromatic carbocycles. The second-order valence-corrected chi connectivity index (χ2v) is 7.61. The zero-order chi connectivity index (χ0) is 21.0. The standard InChI is InChI=1S/C24H31N3O2/c1-5-17-10-8-9-16(4)22(17)26-24(29)21-15-20(21)23(28)25-18-11-13-19(14-12-18)27(6-2)7-3/h8-14,20-21H,5-7,15H2,1-4H3,(H,25,28)(H,26,29). The van der Waals surface area contributed by atoms with Crippen LogP contribution >= 0.6 is 0 Å². The Hall–Kier alpha value is -2.82. The van der Waals surface area contributed by atoms with Gasteiger partial charge in [-0.1, -0.05) is 25.1 Å². The van der Waals surface area contributed by atoms with E-state index < -0.39 is 0 Å². The topological polar surface area (TPSA) is 61.4 Å². The minimum atomic E-state index is -0.258. The van der Waals surface area contributed by atoms with Crippen molar-refractivity contribution in [1.82, 2.24) is 0 Å². The maximum atomic E-state index is 12.7. The van der Waals surface area contributed by atoms with Crippen molar-refractivity contribution < 1.29 is 9.59 Å². The third-order valence-electron chi connectivity index (χ3n) is 5.72. The number of rotatable bonds is 8. The fraction of sp³-hybridized carbons (Fsp3) is 0.417. The molecule has 2 N–H and O–H groups in total. The van der Waals surface area contributed by atoms with Crippen LogP contribution in [0.4, 0.5) is 17.1 Å². The molecule has 1 fully saturated rings. The Morgan fingerprint density at radius 1 is 0.931 bits per heavy atom. The molecule has 29 heavy (non-hydrogen) atoms. The first-order valence-electron chi connectivity index (χ1n) is 10.5. The highest BCUT2D eigenvalue weighted by molar-refractivity contribution is 6.03. The monoisotopic (exact) mass is 393 g/mol. The van der Waals surface area contributed by atoms with E-state index in [9.17, 15) is 9.59 Å². The summed E-state index contributed by atoms with van der Waals surface area (Å²) in [5, 5.41) is 6.00. The number of para-hydroxylation sites is 1. The van der Waals surface area contributed by atoms with Gasteiger partial charge in [0.15, 0.2) is 0 Å². The molecule has 0 bridgehead atoms. The van der Waals surface area contributed by atoms with Gasteiger partial charge in [0.2, 0.25) is 11.8 Å². The summed E-state index contributed by atoms with van der Waals surface area (Å²) in [6.07, 6.45) is 1.46. The van der Waals surface area contributed by atoms with E-state index in [4.69, 9.17) is 0 Å². The molecular formula is C24H31N3O2. The maximum Gasteiger partial charge on any atom is 0.228 e. The molecular weight excluding hydrogens is 362 g/mol. The summed E-state index contributed by atoms with van der Waals surface area (Å²) >= 11 is 0. The van der Waals surface area contributed by atoms with Gasteiger partial charge < -0.3 is 15.5 Å². The molecule has 0 radical (unpaired) electrons. The van der Waals surface area contributed by atoms with Crippen LogP contribution in [0, 0.1) is 18.8 Å². The molecule has 0 aromatic heterocycles. The lowest BCUT2D eigenvalue weighted by Gasteiger charge is -2.21. The van der Waals surface area contributed by atoms with Crippen molar-refractivity contribution >= 4 is 28.9 Å². The second kappa shape index (κ2) is 9.12. The van der Waals surface area contributed by atoms with Crippen LogP contribution in [-0.4, -0.2) is 24.9 Å². The smallest absolute Gasteiger partial charge is 0.228 e. The van der Waals surface area contributed by atoms with Gasteiger partial charge in [-0.25, -0.2) is 0 Å². The van der Waals surface area contributed by atoms with Gasteiger partial charge in [-0.05, 0) is 69.0 Å². The summed E-state index contributed by atoms with van der Waals surface area (Å²) in [6, 6.07) is 13.9. The zero-order valence-electron chi connectivity index (χ0n) is 17.8. The van der Waals surface area contributed by atoms with E-state index in [1.54, 1.807) is 0 Å². The highest BCUT2D eigenvalue weighted by Crippen LogP contribution is 2.40. The Morgan fingerprint density at radius 3 is 2.14 bits per heavy atom. The third kappa shape index (κ3) is 4.78. The molecule has 0 spiro atoms. The lowest BCUT2D eigenvalue weighted by molar-refractivity contribution is -0.122. The maximum absolute atomic E-state index is 12.7. The van der Waals surface area contributed by atoms with Crippen molar-refractivity contribution in [3.05, 3.63) is 53.6 Å². The average molecular weight is 394 g/mol. The van der Waals surface area contributed by atoms with Gasteiger partial charge in [-0.3, -0.25) is 9.59 Å². The Balaban J connectivity index is 1.57. The molecule has 2 atom stereocenters. The molecule has 3 rings (SSSR count). The molecule has 5 nitrogen and oxygen atoms in total. The molecule has 1 saturated carbocycles. The molecule has 2 unspecified atom stereocenters. The Bertz CT molecular complexity index is 872. The fourth-order valence-electron chi connectivity index (χ4n) is 3.77. The summed E-state index contributed by atoms with van der Waals surface area (Å²) in [4.78, 5) is 27.5. The summed E-state index contributed by atoms with van der Waals surface area (Å²) < 4.78 is 0. The minimum absolute atomic E-state index is 0.0639. The summed E-state index contributed by atoms with van der Waals surface area (Å²) in [5.74, 6) is -0.659. The quantitative estimate of drug-likeness (QED) is 0.688. The van der Waals surface area contributed by atoms with Crippen LogP contribution in [0.25, 0.3) is 0 Å². The summed E-state index contributed by atoms with van der Waals surface area (Å²) in [5.41, 5.74) is 4.96. The molecule has 1 aliphatic carbocycles. The number of hydrogen-bond acceptors (Lipinski definition) is 3. The van der Waals surface area contributed by atoms with Crippen LogP contribution in [0.2, 0.25) is 0 Å². The van der Waals surface area contributed by atoms with Gasteiger partial charge in [-0.15, -0.1) is 0 Å². The van der Waals surface area contributed by atoms with Gasteiger partial charge in [0.25, 0.3) is 0 Å². The van der Waals surface area contributed by atoms with E-state index in [-0.39, 0.29) is 23.7 Å². The highest BCUT2D eigenvalue weighted by Gasteiger charge is 2.48. The largest absolute Gasteiger partial charge is 0.372 e. The van der Waals surface area contributed by atoms with E-state index >= 15 is 0 Å². The van der Waals surface area contributed by atoms with Crippen LogP contribution in [-0.2, 0) is 16.0 Å². The van der Waals surface area contributed by atoms with Crippen molar-refractivity contribution in [2.75, 3.05) is 28.6 Å². The molecule has 0 heterocycles. The van der Waals surface area contributed by atoms with E-state index in [1.165, 1.54) is 0 Å². The number of hydrogen-bond donors (Lipinski definition) is 2. The van der Waals surface area contributed by atoms with Gasteiger partial charge in [-0.2, -0.15) is 0 Å². The molecule has 0 aliphatic heterocycles. The number of aryl methyl sites for hydroxylation is 2. The number of benzene rings is 2. The van der Waals surface area contributed by atoms with E-state index in [2.05, 4.69) is 36.3 Å². The summed E-state index contributed by atoms with van der Waals surface area (Å²) in [7, 11) is 0. The fourth-order valence-corrected chi connectivity index (χ4v) is 3.77. The molecule has 1 aliphatic rings. The Morgan fingerprint density at radius 2 is 1.55 bits per heavy atom. The lowest BCUT2D eigenvalue weighted by Crippen LogP contribution is -2.22. The van der Waals surface area contributed by atoms with E-state index in [0.717, 1.165) is 47.7 Å². The average Bonchev–Trinajstić information content (AvgIpc) is 3.53. The molecule has 0 saturated heterocycles. The predicted octanol–water partition coefficient (Wildman–Crippen LogP) is 4.62. The Kier molecular flexibility index (Phi) is 6.57. The van der Waals surface area contributed by atoms with Crippen molar-refractivity contribution in [1.29, 1.82) is 0 Å². The first-order valence-corrected chi connectivity index (χ1v) is 10.5. The van der Waals surface area contributed by atoms with Crippen LogP contribution in [0.5, 0.6) is 0 Å². The van der Waals surface area contributed by atoms with Gasteiger partial charge in [0.05, 0.1) is 11.8 Å². The number of amides is 2. The van der Waals surface area contributed by atoms with Crippen molar-refractivity contribution in [3.8, 4) is 0 Å². The van der Waals surface area contributed by atoms with E-state index in [0.29, 0.717) is 6.42 Å². The first-order chi connectivity index (χ1) is 14.0. The SMILES string of the molecule is CCc1cccc(C)c1NC(=O)C1CC1C(=O)Nc1ccc(N(CC)CC)cc1. The zero-order valence-corrected chi connectivity index (χ0v) is 17.8. The first kappa shape index (κ1) is 20.9. The molecule has 5 heteroatoms. The summed E-state index contributed by atoms with van der Waals surface area (Å²) in [6.45, 7) is 10.2. The van der Waals surface area contributed by atoms with Crippen molar-refractivity contribution in [3.63, 3.8) is 0 Å². The predicted molar refractivity (Wildman–Crippen MR) is 119 cm³/mol. The van der Waals surface area contributed by atoms with Crippen molar-refractivity contribution in [2.24, 2.45) is 11.8 Å². The van der Waals surface area contributed by atoms with Gasteiger partial charge in [0, 0.05) is 30.2 Å². The number of carbonyl (C=O) groups excluding carboxylic acids is 2. The number of anilines is 3. The van der Waals surface area contributed by atoms with Crippen LogP contribution in [0.1, 0.15) is 38.3 Å². The molecule has 2 amide bonds. The third-order valence-corrected chi connectivity index (χ3v) is 5.72. The van der Waals surface area contributed by atoms with E-state index in [1.807, 2.05) is 49.4 Å². The highest BCUT2D eigenvalue weighted by atomic mass is 16.2. The Labute approximate surface area is 173 Å². The van der Waals surface area contributed by atoms with Gasteiger partial charge >= 0.3 is 0 Å². The van der Waals surface area contributed by atoms with Crippen LogP contribution < -0.4 is 15.5 Å². The lowest BCUT2D eigenvalue weighted by atomic mass is 10.1. The number of nitrogens with zero attached hydrogens (tertiary/aromatic N) is 1. The normalized spacial score (nSPS) is 17.5. The molecule has 2 aromatic rings.